The summed E-state index contributed by atoms with van der Waals surface area (Å²) in [6.07, 6.45) is 3.48. The Morgan fingerprint density at radius 3 is 2.42 bits per heavy atom. The summed E-state index contributed by atoms with van der Waals surface area (Å²) in [6.45, 7) is 4.68. The zero-order valence-electron chi connectivity index (χ0n) is 16.7. The van der Waals surface area contributed by atoms with Crippen molar-refractivity contribution in [1.82, 2.24) is 29.3 Å². The number of halogens is 3. The van der Waals surface area contributed by atoms with E-state index in [1.54, 1.807) is 52.1 Å². The SMILES string of the molecule is Cc1nn(Cn2ccc(C(=O)Nc3ccn(Cc4c(Cl)cccc4Cl)n3)n2)c(C)c1Br. The van der Waals surface area contributed by atoms with E-state index in [4.69, 9.17) is 23.2 Å². The molecule has 4 aromatic rings. The van der Waals surface area contributed by atoms with E-state index in [0.29, 0.717) is 29.1 Å². The molecule has 0 bridgehead atoms. The summed E-state index contributed by atoms with van der Waals surface area (Å²) < 4.78 is 6.09. The maximum atomic E-state index is 12.6. The van der Waals surface area contributed by atoms with E-state index in [1.807, 2.05) is 18.5 Å². The van der Waals surface area contributed by atoms with E-state index in [9.17, 15) is 4.79 Å². The van der Waals surface area contributed by atoms with E-state index in [0.717, 1.165) is 21.4 Å². The molecule has 0 saturated carbocycles. The maximum absolute atomic E-state index is 12.6. The highest BCUT2D eigenvalue weighted by molar-refractivity contribution is 9.10. The normalized spacial score (nSPS) is 11.1. The molecule has 1 aromatic carbocycles. The van der Waals surface area contributed by atoms with Crippen LogP contribution in [-0.4, -0.2) is 35.2 Å². The molecule has 0 fully saturated rings. The molecule has 0 atom stereocenters. The first-order valence-corrected chi connectivity index (χ1v) is 10.9. The fraction of sp³-hybridized carbons (Fsp3) is 0.200. The standard InChI is InChI=1S/C20H18BrCl2N7O/c1-12-19(21)13(2)30(25-12)11-29-8-6-17(26-29)20(31)24-18-7-9-28(27-18)10-14-15(22)4-3-5-16(14)23/h3-9H,10-11H2,1-2H3,(H,24,27,31). The van der Waals surface area contributed by atoms with Crippen molar-refractivity contribution >= 4 is 50.9 Å². The summed E-state index contributed by atoms with van der Waals surface area (Å²) in [5.74, 6) is 0.0551. The van der Waals surface area contributed by atoms with Crippen molar-refractivity contribution in [2.45, 2.75) is 27.1 Å². The lowest BCUT2D eigenvalue weighted by molar-refractivity contribution is 0.102. The predicted octanol–water partition coefficient (Wildman–Crippen LogP) is 4.77. The Hall–Kier alpha value is -2.62. The fourth-order valence-electron chi connectivity index (χ4n) is 3.05. The first kappa shape index (κ1) is 21.6. The van der Waals surface area contributed by atoms with E-state index < -0.39 is 0 Å². The molecule has 0 aliphatic rings. The van der Waals surface area contributed by atoms with Gasteiger partial charge in [-0.15, -0.1) is 0 Å². The van der Waals surface area contributed by atoms with Crippen LogP contribution in [0.4, 0.5) is 5.82 Å². The number of aromatic nitrogens is 6. The van der Waals surface area contributed by atoms with Gasteiger partial charge in [0.2, 0.25) is 0 Å². The van der Waals surface area contributed by atoms with Crippen molar-refractivity contribution in [3.8, 4) is 0 Å². The van der Waals surface area contributed by atoms with Crippen LogP contribution in [-0.2, 0) is 13.2 Å². The molecule has 0 radical (unpaired) electrons. The first-order chi connectivity index (χ1) is 14.8. The van der Waals surface area contributed by atoms with E-state index in [1.165, 1.54) is 0 Å². The van der Waals surface area contributed by atoms with E-state index in [-0.39, 0.29) is 11.6 Å². The van der Waals surface area contributed by atoms with Crippen LogP contribution in [0.2, 0.25) is 10.0 Å². The van der Waals surface area contributed by atoms with Crippen molar-refractivity contribution in [3.63, 3.8) is 0 Å². The summed E-state index contributed by atoms with van der Waals surface area (Å²) >= 11 is 15.9. The van der Waals surface area contributed by atoms with E-state index >= 15 is 0 Å². The van der Waals surface area contributed by atoms with Gasteiger partial charge in [-0.2, -0.15) is 15.3 Å². The summed E-state index contributed by atoms with van der Waals surface area (Å²) in [4.78, 5) is 12.6. The molecular formula is C20H18BrCl2N7O. The number of anilines is 1. The van der Waals surface area contributed by atoms with Crippen LogP contribution in [0.1, 0.15) is 27.4 Å². The van der Waals surface area contributed by atoms with Gasteiger partial charge in [0, 0.05) is 34.1 Å². The lowest BCUT2D eigenvalue weighted by Gasteiger charge is -2.07. The van der Waals surface area contributed by atoms with Gasteiger partial charge >= 0.3 is 0 Å². The van der Waals surface area contributed by atoms with Gasteiger partial charge in [-0.3, -0.25) is 14.2 Å². The molecule has 31 heavy (non-hydrogen) atoms. The highest BCUT2D eigenvalue weighted by Gasteiger charge is 2.14. The van der Waals surface area contributed by atoms with Gasteiger partial charge in [0.25, 0.3) is 5.91 Å². The van der Waals surface area contributed by atoms with Crippen molar-refractivity contribution in [1.29, 1.82) is 0 Å². The molecule has 3 heterocycles. The lowest BCUT2D eigenvalue weighted by Crippen LogP contribution is -2.16. The zero-order valence-corrected chi connectivity index (χ0v) is 19.8. The van der Waals surface area contributed by atoms with Crippen LogP contribution in [0.25, 0.3) is 0 Å². The van der Waals surface area contributed by atoms with Gasteiger partial charge in [0.15, 0.2) is 11.5 Å². The van der Waals surface area contributed by atoms with Crippen LogP contribution >= 0.6 is 39.1 Å². The molecule has 0 aliphatic carbocycles. The van der Waals surface area contributed by atoms with Gasteiger partial charge in [0.05, 0.1) is 22.4 Å². The maximum Gasteiger partial charge on any atom is 0.277 e. The monoisotopic (exact) mass is 521 g/mol. The number of benzene rings is 1. The number of amides is 1. The van der Waals surface area contributed by atoms with Gasteiger partial charge in [-0.1, -0.05) is 29.3 Å². The number of nitrogens with one attached hydrogen (secondary N) is 1. The molecule has 0 saturated heterocycles. The van der Waals surface area contributed by atoms with Crippen molar-refractivity contribution < 1.29 is 4.79 Å². The molecule has 1 amide bonds. The van der Waals surface area contributed by atoms with E-state index in [2.05, 4.69) is 36.5 Å². The van der Waals surface area contributed by atoms with Crippen LogP contribution in [0.3, 0.4) is 0 Å². The molecular weight excluding hydrogens is 505 g/mol. The highest BCUT2D eigenvalue weighted by atomic mass is 79.9. The molecule has 11 heteroatoms. The lowest BCUT2D eigenvalue weighted by atomic mass is 10.2. The Labute approximate surface area is 196 Å². The van der Waals surface area contributed by atoms with Gasteiger partial charge in [0.1, 0.15) is 6.67 Å². The largest absolute Gasteiger partial charge is 0.304 e. The number of hydrogen-bond acceptors (Lipinski definition) is 4. The topological polar surface area (TPSA) is 82.6 Å². The number of nitrogens with zero attached hydrogens (tertiary/aromatic N) is 6. The second-order valence-electron chi connectivity index (χ2n) is 6.92. The number of carbonyl (C=O) groups is 1. The van der Waals surface area contributed by atoms with Gasteiger partial charge < -0.3 is 5.32 Å². The number of carbonyl (C=O) groups excluding carboxylic acids is 1. The minimum Gasteiger partial charge on any atom is -0.304 e. The third-order valence-corrected chi connectivity index (χ3v) is 6.57. The minimum atomic E-state index is -0.352. The van der Waals surface area contributed by atoms with Gasteiger partial charge in [-0.05, 0) is 48.0 Å². The van der Waals surface area contributed by atoms with Gasteiger partial charge in [-0.25, -0.2) is 4.68 Å². The second-order valence-corrected chi connectivity index (χ2v) is 8.53. The molecule has 3 aromatic heterocycles. The summed E-state index contributed by atoms with van der Waals surface area (Å²) in [7, 11) is 0. The molecule has 0 aliphatic heterocycles. The average Bonchev–Trinajstić information content (AvgIpc) is 3.43. The Bertz CT molecular complexity index is 1240. The second kappa shape index (κ2) is 8.86. The minimum absolute atomic E-state index is 0.282. The van der Waals surface area contributed by atoms with Crippen LogP contribution in [0.5, 0.6) is 0 Å². The quantitative estimate of drug-likeness (QED) is 0.395. The average molecular weight is 523 g/mol. The zero-order chi connectivity index (χ0) is 22.1. The molecule has 4 rings (SSSR count). The molecule has 0 unspecified atom stereocenters. The third-order valence-electron chi connectivity index (χ3n) is 4.71. The summed E-state index contributed by atoms with van der Waals surface area (Å²) in [5, 5.41) is 17.0. The first-order valence-electron chi connectivity index (χ1n) is 9.32. The molecule has 160 valence electrons. The van der Waals surface area contributed by atoms with Crippen molar-refractivity contribution in [2.24, 2.45) is 0 Å². The molecule has 0 spiro atoms. The van der Waals surface area contributed by atoms with Crippen LogP contribution < -0.4 is 5.32 Å². The van der Waals surface area contributed by atoms with Crippen molar-refractivity contribution in [3.05, 3.63) is 79.9 Å². The molecule has 8 nitrogen and oxygen atoms in total. The number of hydrogen-bond donors (Lipinski definition) is 1. The predicted molar refractivity (Wildman–Crippen MR) is 123 cm³/mol. The fourth-order valence-corrected chi connectivity index (χ4v) is 3.85. The number of rotatable bonds is 6. The van der Waals surface area contributed by atoms with Crippen LogP contribution in [0.15, 0.2) is 47.2 Å². The number of aryl methyl sites for hydroxylation is 1. The Morgan fingerprint density at radius 2 is 1.74 bits per heavy atom. The van der Waals surface area contributed by atoms with Crippen LogP contribution in [0, 0.1) is 13.8 Å². The Kier molecular flexibility index (Phi) is 6.17. The highest BCUT2D eigenvalue weighted by Crippen LogP contribution is 2.25. The Morgan fingerprint density at radius 1 is 1.03 bits per heavy atom. The Balaban J connectivity index is 1.42. The summed E-state index contributed by atoms with van der Waals surface area (Å²) in [5.41, 5.74) is 2.94. The summed E-state index contributed by atoms with van der Waals surface area (Å²) in [6, 6.07) is 8.69. The van der Waals surface area contributed by atoms with Crippen molar-refractivity contribution in [2.75, 3.05) is 5.32 Å². The third kappa shape index (κ3) is 4.68. The smallest absolute Gasteiger partial charge is 0.277 e. The molecule has 1 N–H and O–H groups in total.